The minimum Gasteiger partial charge on any atom is -0.368 e. The third kappa shape index (κ3) is 2.20. The normalized spacial score (nSPS) is 10.7. The summed E-state index contributed by atoms with van der Waals surface area (Å²) in [7, 11) is 0. The van der Waals surface area contributed by atoms with E-state index in [-0.39, 0.29) is 5.82 Å². The number of nitrogens with zero attached hydrogens (tertiary/aromatic N) is 2. The van der Waals surface area contributed by atoms with Gasteiger partial charge in [0.2, 0.25) is 0 Å². The van der Waals surface area contributed by atoms with Gasteiger partial charge in [0.15, 0.2) is 5.82 Å². The van der Waals surface area contributed by atoms with Crippen LogP contribution in [-0.4, -0.2) is 16.7 Å². The Kier molecular flexibility index (Phi) is 3.29. The van der Waals surface area contributed by atoms with E-state index in [1.54, 1.807) is 6.07 Å². The molecule has 3 rings (SSSR count). The number of hydrogen-bond donors (Lipinski definition) is 1. The predicted molar refractivity (Wildman–Crippen MR) is 79.1 cm³/mol. The average Bonchev–Trinajstić information content (AvgIpc) is 2.48. The highest BCUT2D eigenvalue weighted by atomic mass is 19.1. The van der Waals surface area contributed by atoms with Gasteiger partial charge in [-0.25, -0.2) is 4.39 Å². The summed E-state index contributed by atoms with van der Waals surface area (Å²) >= 11 is 0. The van der Waals surface area contributed by atoms with Crippen LogP contribution < -0.4 is 5.32 Å². The van der Waals surface area contributed by atoms with Gasteiger partial charge in [0.25, 0.3) is 0 Å². The summed E-state index contributed by atoms with van der Waals surface area (Å²) in [6, 6.07) is 14.3. The Morgan fingerprint density at radius 1 is 1.00 bits per heavy atom. The van der Waals surface area contributed by atoms with Crippen LogP contribution in [0.3, 0.4) is 0 Å². The van der Waals surface area contributed by atoms with Crippen molar-refractivity contribution >= 4 is 16.6 Å². The fourth-order valence-electron chi connectivity index (χ4n) is 2.25. The van der Waals surface area contributed by atoms with E-state index >= 15 is 0 Å². The molecule has 0 amide bonds. The van der Waals surface area contributed by atoms with E-state index in [9.17, 15) is 4.39 Å². The van der Waals surface area contributed by atoms with Gasteiger partial charge in [-0.3, -0.25) is 0 Å². The highest BCUT2D eigenvalue weighted by molar-refractivity contribution is 5.99. The molecule has 20 heavy (non-hydrogen) atoms. The van der Waals surface area contributed by atoms with Gasteiger partial charge >= 0.3 is 0 Å². The van der Waals surface area contributed by atoms with Gasteiger partial charge in [0.05, 0.1) is 0 Å². The van der Waals surface area contributed by atoms with Gasteiger partial charge < -0.3 is 5.32 Å². The van der Waals surface area contributed by atoms with Crippen LogP contribution >= 0.6 is 0 Å². The molecule has 3 nitrogen and oxygen atoms in total. The van der Waals surface area contributed by atoms with Crippen molar-refractivity contribution in [2.75, 3.05) is 11.9 Å². The molecule has 0 atom stereocenters. The molecular weight excluding hydrogens is 253 g/mol. The van der Waals surface area contributed by atoms with Gasteiger partial charge in [-0.2, -0.15) is 0 Å². The second kappa shape index (κ2) is 5.25. The van der Waals surface area contributed by atoms with Gasteiger partial charge in [0.1, 0.15) is 11.5 Å². The minimum absolute atomic E-state index is 0.274. The van der Waals surface area contributed by atoms with Crippen LogP contribution in [0.25, 0.3) is 22.0 Å². The van der Waals surface area contributed by atoms with E-state index in [2.05, 4.69) is 15.5 Å². The third-order valence-corrected chi connectivity index (χ3v) is 3.13. The number of hydrogen-bond acceptors (Lipinski definition) is 3. The van der Waals surface area contributed by atoms with Crippen LogP contribution in [0.1, 0.15) is 6.92 Å². The largest absolute Gasteiger partial charge is 0.368 e. The number of fused-ring (bicyclic) bond motifs is 1. The van der Waals surface area contributed by atoms with E-state index < -0.39 is 0 Å². The van der Waals surface area contributed by atoms with Crippen molar-refractivity contribution in [3.8, 4) is 11.3 Å². The van der Waals surface area contributed by atoms with Crippen molar-refractivity contribution in [2.24, 2.45) is 0 Å². The molecule has 0 saturated carbocycles. The van der Waals surface area contributed by atoms with Crippen molar-refractivity contribution < 1.29 is 4.39 Å². The lowest BCUT2D eigenvalue weighted by Crippen LogP contribution is -2.02. The zero-order valence-electron chi connectivity index (χ0n) is 11.1. The molecule has 3 aromatic rings. The van der Waals surface area contributed by atoms with E-state index in [0.717, 1.165) is 28.7 Å². The summed E-state index contributed by atoms with van der Waals surface area (Å²) in [6.07, 6.45) is 0. The van der Waals surface area contributed by atoms with Crippen LogP contribution in [0.2, 0.25) is 0 Å². The Balaban J connectivity index is 2.25. The molecule has 2 aromatic carbocycles. The topological polar surface area (TPSA) is 37.8 Å². The number of anilines is 1. The van der Waals surface area contributed by atoms with Crippen LogP contribution in [-0.2, 0) is 0 Å². The molecule has 1 aromatic heterocycles. The van der Waals surface area contributed by atoms with Crippen LogP contribution in [0.4, 0.5) is 10.2 Å². The summed E-state index contributed by atoms with van der Waals surface area (Å²) in [5.74, 6) is 0.479. The molecule has 0 spiro atoms. The second-order valence-corrected chi connectivity index (χ2v) is 4.48. The smallest absolute Gasteiger partial charge is 0.156 e. The minimum atomic E-state index is -0.274. The molecule has 0 unspecified atom stereocenters. The molecule has 0 aliphatic rings. The molecule has 4 heteroatoms. The van der Waals surface area contributed by atoms with Crippen LogP contribution in [0.15, 0.2) is 48.5 Å². The standard InChI is InChI=1S/C16H14FN3/c1-2-18-16-14-9-4-3-8-13(14)15(19-20-16)11-6-5-7-12(17)10-11/h3-10H,2H2,1H3,(H,18,20). The van der Waals surface area contributed by atoms with Gasteiger partial charge in [-0.05, 0) is 19.1 Å². The highest BCUT2D eigenvalue weighted by Gasteiger charge is 2.10. The molecular formula is C16H14FN3. The average molecular weight is 267 g/mol. The summed E-state index contributed by atoms with van der Waals surface area (Å²) in [5, 5.41) is 13.6. The molecule has 0 fully saturated rings. The van der Waals surface area contributed by atoms with Crippen molar-refractivity contribution in [2.45, 2.75) is 6.92 Å². The lowest BCUT2D eigenvalue weighted by molar-refractivity contribution is 0.628. The van der Waals surface area contributed by atoms with Crippen molar-refractivity contribution in [3.63, 3.8) is 0 Å². The van der Waals surface area contributed by atoms with Crippen molar-refractivity contribution in [1.29, 1.82) is 0 Å². The fourth-order valence-corrected chi connectivity index (χ4v) is 2.25. The molecule has 0 radical (unpaired) electrons. The monoisotopic (exact) mass is 267 g/mol. The first-order chi connectivity index (χ1) is 9.79. The van der Waals surface area contributed by atoms with Gasteiger partial charge in [0, 0.05) is 22.9 Å². The molecule has 0 bridgehead atoms. The molecule has 0 saturated heterocycles. The van der Waals surface area contributed by atoms with Crippen LogP contribution in [0, 0.1) is 5.82 Å². The maximum absolute atomic E-state index is 13.4. The van der Waals surface area contributed by atoms with E-state index in [1.165, 1.54) is 12.1 Å². The van der Waals surface area contributed by atoms with Gasteiger partial charge in [-0.1, -0.05) is 36.4 Å². The van der Waals surface area contributed by atoms with E-state index in [0.29, 0.717) is 5.69 Å². The number of nitrogens with one attached hydrogen (secondary N) is 1. The molecule has 0 aliphatic heterocycles. The van der Waals surface area contributed by atoms with Crippen molar-refractivity contribution in [1.82, 2.24) is 10.2 Å². The Morgan fingerprint density at radius 2 is 1.80 bits per heavy atom. The van der Waals surface area contributed by atoms with E-state index in [4.69, 9.17) is 0 Å². The lowest BCUT2D eigenvalue weighted by atomic mass is 10.0. The second-order valence-electron chi connectivity index (χ2n) is 4.48. The Morgan fingerprint density at radius 3 is 2.55 bits per heavy atom. The lowest BCUT2D eigenvalue weighted by Gasteiger charge is -2.09. The maximum atomic E-state index is 13.4. The Bertz CT molecular complexity index is 756. The zero-order valence-corrected chi connectivity index (χ0v) is 11.1. The van der Waals surface area contributed by atoms with Crippen LogP contribution in [0.5, 0.6) is 0 Å². The first-order valence-electron chi connectivity index (χ1n) is 6.55. The molecule has 0 aliphatic carbocycles. The Labute approximate surface area is 116 Å². The number of aromatic nitrogens is 2. The molecule has 1 N–H and O–H groups in total. The highest BCUT2D eigenvalue weighted by Crippen LogP contribution is 2.29. The maximum Gasteiger partial charge on any atom is 0.156 e. The van der Waals surface area contributed by atoms with Crippen molar-refractivity contribution in [3.05, 3.63) is 54.3 Å². The first-order valence-corrected chi connectivity index (χ1v) is 6.55. The fraction of sp³-hybridized carbons (Fsp3) is 0.125. The summed E-state index contributed by atoms with van der Waals surface area (Å²) in [5.41, 5.74) is 1.43. The molecule has 1 heterocycles. The summed E-state index contributed by atoms with van der Waals surface area (Å²) in [6.45, 7) is 2.79. The summed E-state index contributed by atoms with van der Waals surface area (Å²) < 4.78 is 13.4. The SMILES string of the molecule is CCNc1nnc(-c2cccc(F)c2)c2ccccc12. The van der Waals surface area contributed by atoms with Gasteiger partial charge in [-0.15, -0.1) is 10.2 Å². The predicted octanol–water partition coefficient (Wildman–Crippen LogP) is 3.87. The number of halogens is 1. The quantitative estimate of drug-likeness (QED) is 0.782. The van der Waals surface area contributed by atoms with E-state index in [1.807, 2.05) is 37.3 Å². The zero-order chi connectivity index (χ0) is 13.9. The Hall–Kier alpha value is -2.49. The molecule has 100 valence electrons. The third-order valence-electron chi connectivity index (χ3n) is 3.13. The summed E-state index contributed by atoms with van der Waals surface area (Å²) in [4.78, 5) is 0. The number of benzene rings is 2. The first kappa shape index (κ1) is 12.5. The number of rotatable bonds is 3.